The summed E-state index contributed by atoms with van der Waals surface area (Å²) in [6.45, 7) is 4.33. The molecule has 0 aliphatic heterocycles. The van der Waals surface area contributed by atoms with Crippen molar-refractivity contribution in [3.05, 3.63) is 47.4 Å². The number of nitrogens with zero attached hydrogens (tertiary/aromatic N) is 1. The van der Waals surface area contributed by atoms with E-state index in [-0.39, 0.29) is 12.5 Å². The number of likely N-dealkylation sites (N-methyl/N-ethyl adjacent to an activating group) is 1. The van der Waals surface area contributed by atoms with Gasteiger partial charge in [0.2, 0.25) is 0 Å². The highest BCUT2D eigenvalue weighted by atomic mass is 16.5. The van der Waals surface area contributed by atoms with Gasteiger partial charge in [0, 0.05) is 12.2 Å². The van der Waals surface area contributed by atoms with Crippen LogP contribution in [-0.2, 0) is 0 Å². The molecule has 2 aromatic rings. The van der Waals surface area contributed by atoms with Crippen LogP contribution in [0.1, 0.15) is 21.9 Å². The van der Waals surface area contributed by atoms with Crippen molar-refractivity contribution >= 4 is 11.6 Å². The number of amides is 1. The molecule has 0 radical (unpaired) electrons. The summed E-state index contributed by atoms with van der Waals surface area (Å²) in [6, 6.07) is 8.74. The summed E-state index contributed by atoms with van der Waals surface area (Å²) in [5.41, 5.74) is 1.19. The Labute approximate surface area is 142 Å². The predicted octanol–water partition coefficient (Wildman–Crippen LogP) is 2.45. The highest BCUT2D eigenvalue weighted by Crippen LogP contribution is 2.19. The molecule has 130 valence electrons. The molecule has 0 saturated carbocycles. The summed E-state index contributed by atoms with van der Waals surface area (Å²) in [5.74, 6) is 1.73. The normalized spacial score (nSPS) is 12.2. The fourth-order valence-electron chi connectivity index (χ4n) is 2.36. The molecule has 2 rings (SSSR count). The maximum Gasteiger partial charge on any atom is 0.259 e. The fraction of sp³-hybridized carbons (Fsp3) is 0.389. The second kappa shape index (κ2) is 7.99. The largest absolute Gasteiger partial charge is 0.491 e. The van der Waals surface area contributed by atoms with Crippen LogP contribution in [-0.4, -0.2) is 49.3 Å². The van der Waals surface area contributed by atoms with Gasteiger partial charge in [-0.2, -0.15) is 0 Å². The maximum absolute atomic E-state index is 12.2. The zero-order valence-corrected chi connectivity index (χ0v) is 14.5. The zero-order valence-electron chi connectivity index (χ0n) is 14.5. The number of aryl methyl sites for hydroxylation is 2. The first kappa shape index (κ1) is 18.0. The van der Waals surface area contributed by atoms with Gasteiger partial charge < -0.3 is 24.5 Å². The Morgan fingerprint density at radius 3 is 2.50 bits per heavy atom. The van der Waals surface area contributed by atoms with Crippen molar-refractivity contribution < 1.29 is 19.1 Å². The van der Waals surface area contributed by atoms with Gasteiger partial charge in [0.15, 0.2) is 0 Å². The van der Waals surface area contributed by atoms with E-state index in [0.717, 1.165) is 0 Å². The van der Waals surface area contributed by atoms with Crippen LogP contribution in [0.5, 0.6) is 5.75 Å². The number of rotatable bonds is 7. The lowest BCUT2D eigenvalue weighted by Gasteiger charge is -2.16. The van der Waals surface area contributed by atoms with Crippen LogP contribution in [0.4, 0.5) is 5.69 Å². The second-order valence-corrected chi connectivity index (χ2v) is 6.03. The van der Waals surface area contributed by atoms with Crippen LogP contribution < -0.4 is 10.1 Å². The van der Waals surface area contributed by atoms with Crippen LogP contribution in [0.3, 0.4) is 0 Å². The van der Waals surface area contributed by atoms with Gasteiger partial charge in [0.25, 0.3) is 5.91 Å². The van der Waals surface area contributed by atoms with E-state index in [0.29, 0.717) is 35.1 Å². The minimum atomic E-state index is -0.549. The Hall–Kier alpha value is -2.31. The molecule has 1 aromatic heterocycles. The fourth-order valence-corrected chi connectivity index (χ4v) is 2.36. The van der Waals surface area contributed by atoms with Crippen molar-refractivity contribution in [1.29, 1.82) is 0 Å². The average molecular weight is 332 g/mol. The van der Waals surface area contributed by atoms with Gasteiger partial charge in [-0.15, -0.1) is 0 Å². The Morgan fingerprint density at radius 1 is 1.29 bits per heavy atom. The molecule has 1 atom stereocenters. The number of ether oxygens (including phenoxy) is 1. The van der Waals surface area contributed by atoms with E-state index in [2.05, 4.69) is 5.32 Å². The highest BCUT2D eigenvalue weighted by Gasteiger charge is 2.13. The molecule has 0 spiro atoms. The number of hydrogen-bond acceptors (Lipinski definition) is 5. The topological polar surface area (TPSA) is 74.9 Å². The number of anilines is 1. The Kier molecular flexibility index (Phi) is 6.00. The number of carbonyl (C=O) groups is 1. The van der Waals surface area contributed by atoms with Crippen molar-refractivity contribution in [3.8, 4) is 5.75 Å². The number of nitrogens with one attached hydrogen (secondary N) is 1. The molecular formula is C18H24N2O4. The van der Waals surface area contributed by atoms with Gasteiger partial charge in [0.1, 0.15) is 30.0 Å². The summed E-state index contributed by atoms with van der Waals surface area (Å²) in [6.07, 6.45) is -0.549. The third-order valence-electron chi connectivity index (χ3n) is 3.42. The Balaban J connectivity index is 1.90. The molecule has 24 heavy (non-hydrogen) atoms. The monoisotopic (exact) mass is 332 g/mol. The lowest BCUT2D eigenvalue weighted by Crippen LogP contribution is -2.30. The van der Waals surface area contributed by atoms with Gasteiger partial charge in [-0.05, 0) is 58.3 Å². The van der Waals surface area contributed by atoms with Crippen LogP contribution in [0.2, 0.25) is 0 Å². The van der Waals surface area contributed by atoms with E-state index in [9.17, 15) is 9.90 Å². The number of hydrogen-bond donors (Lipinski definition) is 2. The first-order valence-corrected chi connectivity index (χ1v) is 7.79. The molecule has 1 amide bonds. The summed E-state index contributed by atoms with van der Waals surface area (Å²) in [7, 11) is 3.79. The minimum Gasteiger partial charge on any atom is -0.491 e. The molecule has 6 heteroatoms. The zero-order chi connectivity index (χ0) is 17.7. The van der Waals surface area contributed by atoms with E-state index in [1.807, 2.05) is 19.0 Å². The molecule has 1 heterocycles. The standard InChI is InChI=1S/C18H24N2O4/c1-12-9-17(13(2)24-12)18(22)19-14-5-7-16(8-6-14)23-11-15(21)10-20(3)4/h5-9,15,21H,10-11H2,1-4H3,(H,19,22). The highest BCUT2D eigenvalue weighted by molar-refractivity contribution is 6.05. The van der Waals surface area contributed by atoms with Crippen molar-refractivity contribution in [2.24, 2.45) is 0 Å². The SMILES string of the molecule is Cc1cc(C(=O)Nc2ccc(OCC(O)CN(C)C)cc2)c(C)o1. The molecule has 1 unspecified atom stereocenters. The minimum absolute atomic E-state index is 0.209. The second-order valence-electron chi connectivity index (χ2n) is 6.03. The third-order valence-corrected chi connectivity index (χ3v) is 3.42. The number of aliphatic hydroxyl groups is 1. The van der Waals surface area contributed by atoms with Gasteiger partial charge in [0.05, 0.1) is 5.56 Å². The van der Waals surface area contributed by atoms with Gasteiger partial charge in [-0.25, -0.2) is 0 Å². The van der Waals surface area contributed by atoms with E-state index in [1.54, 1.807) is 44.2 Å². The van der Waals surface area contributed by atoms with Crippen molar-refractivity contribution in [2.45, 2.75) is 20.0 Å². The van der Waals surface area contributed by atoms with Crippen molar-refractivity contribution in [2.75, 3.05) is 32.6 Å². The lowest BCUT2D eigenvalue weighted by atomic mass is 10.2. The molecule has 0 aliphatic carbocycles. The summed E-state index contributed by atoms with van der Waals surface area (Å²) in [5, 5.41) is 12.6. The van der Waals surface area contributed by atoms with Gasteiger partial charge in [-0.1, -0.05) is 0 Å². The predicted molar refractivity (Wildman–Crippen MR) is 92.6 cm³/mol. The Morgan fingerprint density at radius 2 is 1.96 bits per heavy atom. The molecule has 0 saturated heterocycles. The van der Waals surface area contributed by atoms with Crippen molar-refractivity contribution in [3.63, 3.8) is 0 Å². The number of carbonyl (C=O) groups excluding carboxylic acids is 1. The molecule has 6 nitrogen and oxygen atoms in total. The van der Waals surface area contributed by atoms with Gasteiger partial charge >= 0.3 is 0 Å². The first-order valence-electron chi connectivity index (χ1n) is 7.79. The molecular weight excluding hydrogens is 308 g/mol. The van der Waals surface area contributed by atoms with E-state index >= 15 is 0 Å². The Bertz CT molecular complexity index is 677. The molecule has 2 N–H and O–H groups in total. The average Bonchev–Trinajstić information content (AvgIpc) is 2.84. The molecule has 0 aliphatic rings. The summed E-state index contributed by atoms with van der Waals surface area (Å²) >= 11 is 0. The maximum atomic E-state index is 12.2. The first-order chi connectivity index (χ1) is 11.3. The number of aliphatic hydroxyl groups excluding tert-OH is 1. The van der Waals surface area contributed by atoms with Crippen LogP contribution in [0.25, 0.3) is 0 Å². The summed E-state index contributed by atoms with van der Waals surface area (Å²) in [4.78, 5) is 14.1. The molecule has 1 aromatic carbocycles. The van der Waals surface area contributed by atoms with Crippen molar-refractivity contribution in [1.82, 2.24) is 4.90 Å². The lowest BCUT2D eigenvalue weighted by molar-refractivity contribution is 0.0831. The van der Waals surface area contributed by atoms with E-state index in [4.69, 9.17) is 9.15 Å². The molecule has 0 fully saturated rings. The van der Waals surface area contributed by atoms with E-state index in [1.165, 1.54) is 0 Å². The third kappa shape index (κ3) is 5.11. The van der Waals surface area contributed by atoms with Crippen LogP contribution >= 0.6 is 0 Å². The summed E-state index contributed by atoms with van der Waals surface area (Å²) < 4.78 is 10.9. The quantitative estimate of drug-likeness (QED) is 0.814. The van der Waals surface area contributed by atoms with Crippen LogP contribution in [0.15, 0.2) is 34.7 Å². The smallest absolute Gasteiger partial charge is 0.259 e. The van der Waals surface area contributed by atoms with E-state index < -0.39 is 6.10 Å². The van der Waals surface area contributed by atoms with Crippen LogP contribution in [0, 0.1) is 13.8 Å². The number of furan rings is 1. The molecule has 0 bridgehead atoms. The van der Waals surface area contributed by atoms with Gasteiger partial charge in [-0.3, -0.25) is 4.79 Å². The number of benzene rings is 1.